The minimum atomic E-state index is -0.881. The number of hydrogen-bond donors (Lipinski definition) is 1. The lowest BCUT2D eigenvalue weighted by Gasteiger charge is -2.31. The largest absolute Gasteiger partial charge is 0.389 e. The molecular weight excluding hydrogens is 182 g/mol. The van der Waals surface area contributed by atoms with Crippen molar-refractivity contribution in [2.45, 2.75) is 38.9 Å². The summed E-state index contributed by atoms with van der Waals surface area (Å²) < 4.78 is 5.06. The van der Waals surface area contributed by atoms with Crippen LogP contribution in [0.25, 0.3) is 0 Å². The number of likely N-dealkylation sites (N-methyl/N-ethyl adjacent to an activating group) is 1. The molecule has 0 aromatic heterocycles. The van der Waals surface area contributed by atoms with Crippen LogP contribution < -0.4 is 0 Å². The van der Waals surface area contributed by atoms with Gasteiger partial charge in [0.2, 0.25) is 0 Å². The molecule has 0 spiro atoms. The average Bonchev–Trinajstić information content (AvgIpc) is 2.00. The standard InChI is InChI=1S/C10H21NO3/c1-9(2,13)7-11(5)8(12)10(3,4)14-6/h13H,7H2,1-6H3. The van der Waals surface area contributed by atoms with Crippen LogP contribution in [0.4, 0.5) is 0 Å². The molecule has 0 saturated carbocycles. The third kappa shape index (κ3) is 4.07. The van der Waals surface area contributed by atoms with Crippen LogP contribution in [0.15, 0.2) is 0 Å². The van der Waals surface area contributed by atoms with Crippen molar-refractivity contribution >= 4 is 5.91 Å². The monoisotopic (exact) mass is 203 g/mol. The molecule has 14 heavy (non-hydrogen) atoms. The van der Waals surface area contributed by atoms with Gasteiger partial charge in [-0.05, 0) is 27.7 Å². The third-order valence-electron chi connectivity index (χ3n) is 2.00. The van der Waals surface area contributed by atoms with E-state index < -0.39 is 11.2 Å². The maximum absolute atomic E-state index is 11.8. The second-order valence-corrected chi connectivity index (χ2v) is 4.69. The number of hydrogen-bond acceptors (Lipinski definition) is 3. The lowest BCUT2D eigenvalue weighted by atomic mass is 10.1. The summed E-state index contributed by atoms with van der Waals surface area (Å²) in [6, 6.07) is 0. The summed E-state index contributed by atoms with van der Waals surface area (Å²) in [5.74, 6) is -0.137. The van der Waals surface area contributed by atoms with Crippen LogP contribution in [0.1, 0.15) is 27.7 Å². The molecule has 0 aliphatic carbocycles. The third-order valence-corrected chi connectivity index (χ3v) is 2.00. The first-order chi connectivity index (χ1) is 6.10. The van der Waals surface area contributed by atoms with E-state index in [-0.39, 0.29) is 5.91 Å². The van der Waals surface area contributed by atoms with Gasteiger partial charge < -0.3 is 14.7 Å². The minimum Gasteiger partial charge on any atom is -0.389 e. The van der Waals surface area contributed by atoms with Crippen molar-refractivity contribution in [3.63, 3.8) is 0 Å². The van der Waals surface area contributed by atoms with Crippen LogP contribution in [0.2, 0.25) is 0 Å². The van der Waals surface area contributed by atoms with Gasteiger partial charge in [0, 0.05) is 20.7 Å². The number of carbonyl (C=O) groups excluding carboxylic acids is 1. The molecule has 0 bridgehead atoms. The summed E-state index contributed by atoms with van der Waals surface area (Å²) in [6.07, 6.45) is 0. The molecule has 0 unspecified atom stereocenters. The van der Waals surface area contributed by atoms with Crippen LogP contribution in [-0.4, -0.2) is 47.8 Å². The van der Waals surface area contributed by atoms with E-state index in [2.05, 4.69) is 0 Å². The number of aliphatic hydroxyl groups is 1. The molecular formula is C10H21NO3. The molecule has 0 aromatic carbocycles. The molecule has 84 valence electrons. The molecule has 0 radical (unpaired) electrons. The van der Waals surface area contributed by atoms with E-state index in [0.29, 0.717) is 6.54 Å². The van der Waals surface area contributed by atoms with Gasteiger partial charge in [0.1, 0.15) is 5.60 Å². The molecule has 0 aromatic rings. The van der Waals surface area contributed by atoms with E-state index in [1.54, 1.807) is 34.7 Å². The molecule has 1 amide bonds. The zero-order valence-corrected chi connectivity index (χ0v) is 9.92. The molecule has 0 aliphatic heterocycles. The molecule has 4 nitrogen and oxygen atoms in total. The van der Waals surface area contributed by atoms with Crippen molar-refractivity contribution in [2.24, 2.45) is 0 Å². The van der Waals surface area contributed by atoms with Gasteiger partial charge >= 0.3 is 0 Å². The van der Waals surface area contributed by atoms with E-state index in [1.165, 1.54) is 12.0 Å². The van der Waals surface area contributed by atoms with E-state index in [0.717, 1.165) is 0 Å². The quantitative estimate of drug-likeness (QED) is 0.729. The highest BCUT2D eigenvalue weighted by atomic mass is 16.5. The van der Waals surface area contributed by atoms with Crippen molar-refractivity contribution in [1.82, 2.24) is 4.90 Å². The minimum absolute atomic E-state index is 0.137. The van der Waals surface area contributed by atoms with Crippen LogP contribution in [-0.2, 0) is 9.53 Å². The van der Waals surface area contributed by atoms with E-state index >= 15 is 0 Å². The molecule has 0 fully saturated rings. The zero-order chi connectivity index (χ0) is 11.6. The lowest BCUT2D eigenvalue weighted by molar-refractivity contribution is -0.152. The Morgan fingerprint density at radius 3 is 2.07 bits per heavy atom. The fourth-order valence-corrected chi connectivity index (χ4v) is 1.20. The van der Waals surface area contributed by atoms with Gasteiger partial charge in [0.05, 0.1) is 5.60 Å². The highest BCUT2D eigenvalue weighted by Gasteiger charge is 2.32. The predicted octanol–water partition coefficient (Wildman–Crippen LogP) is 0.641. The Bertz CT molecular complexity index is 206. The second-order valence-electron chi connectivity index (χ2n) is 4.69. The average molecular weight is 203 g/mol. The Labute approximate surface area is 85.9 Å². The normalized spacial score (nSPS) is 12.8. The first-order valence-electron chi connectivity index (χ1n) is 4.63. The number of rotatable bonds is 4. The summed E-state index contributed by atoms with van der Waals surface area (Å²) >= 11 is 0. The summed E-state index contributed by atoms with van der Waals surface area (Å²) in [4.78, 5) is 13.2. The number of carbonyl (C=O) groups is 1. The van der Waals surface area contributed by atoms with Crippen LogP contribution >= 0.6 is 0 Å². The van der Waals surface area contributed by atoms with Gasteiger partial charge in [-0.1, -0.05) is 0 Å². The molecule has 4 heteroatoms. The molecule has 0 saturated heterocycles. The van der Waals surface area contributed by atoms with E-state index in [9.17, 15) is 9.90 Å². The number of amides is 1. The fraction of sp³-hybridized carbons (Fsp3) is 0.900. The summed E-state index contributed by atoms with van der Waals surface area (Å²) in [5, 5.41) is 9.54. The van der Waals surface area contributed by atoms with Gasteiger partial charge in [-0.15, -0.1) is 0 Å². The predicted molar refractivity (Wildman–Crippen MR) is 55.0 cm³/mol. The Morgan fingerprint density at radius 1 is 1.36 bits per heavy atom. The maximum Gasteiger partial charge on any atom is 0.254 e. The Morgan fingerprint density at radius 2 is 1.79 bits per heavy atom. The summed E-state index contributed by atoms with van der Waals surface area (Å²) in [6.45, 7) is 7.03. The second kappa shape index (κ2) is 4.28. The highest BCUT2D eigenvalue weighted by Crippen LogP contribution is 2.13. The van der Waals surface area contributed by atoms with Gasteiger partial charge in [-0.3, -0.25) is 4.79 Å². The fourth-order valence-electron chi connectivity index (χ4n) is 1.20. The van der Waals surface area contributed by atoms with Crippen molar-refractivity contribution in [2.75, 3.05) is 20.7 Å². The van der Waals surface area contributed by atoms with Gasteiger partial charge in [0.25, 0.3) is 5.91 Å². The zero-order valence-electron chi connectivity index (χ0n) is 9.92. The first-order valence-corrected chi connectivity index (χ1v) is 4.63. The van der Waals surface area contributed by atoms with Crippen molar-refractivity contribution in [3.8, 4) is 0 Å². The van der Waals surface area contributed by atoms with Crippen molar-refractivity contribution in [3.05, 3.63) is 0 Å². The van der Waals surface area contributed by atoms with Crippen molar-refractivity contribution in [1.29, 1.82) is 0 Å². The molecule has 0 rings (SSSR count). The summed E-state index contributed by atoms with van der Waals surface area (Å²) in [7, 11) is 3.15. The van der Waals surface area contributed by atoms with Gasteiger partial charge in [0.15, 0.2) is 0 Å². The number of ether oxygens (including phenoxy) is 1. The van der Waals surface area contributed by atoms with E-state index in [4.69, 9.17) is 4.74 Å². The van der Waals surface area contributed by atoms with Crippen LogP contribution in [0.5, 0.6) is 0 Å². The molecule has 0 atom stereocenters. The highest BCUT2D eigenvalue weighted by molar-refractivity contribution is 5.84. The van der Waals surface area contributed by atoms with Crippen molar-refractivity contribution < 1.29 is 14.6 Å². The topological polar surface area (TPSA) is 49.8 Å². The Hall–Kier alpha value is -0.610. The Kier molecular flexibility index (Phi) is 4.09. The van der Waals surface area contributed by atoms with Crippen LogP contribution in [0.3, 0.4) is 0 Å². The van der Waals surface area contributed by atoms with Gasteiger partial charge in [-0.25, -0.2) is 0 Å². The van der Waals surface area contributed by atoms with E-state index in [1.807, 2.05) is 0 Å². The number of nitrogens with zero attached hydrogens (tertiary/aromatic N) is 1. The Balaban J connectivity index is 4.41. The SMILES string of the molecule is COC(C)(C)C(=O)N(C)CC(C)(C)O. The maximum atomic E-state index is 11.8. The van der Waals surface area contributed by atoms with Gasteiger partial charge in [-0.2, -0.15) is 0 Å². The smallest absolute Gasteiger partial charge is 0.254 e. The van der Waals surface area contributed by atoms with Crippen LogP contribution in [0, 0.1) is 0 Å². The number of methoxy groups -OCH3 is 1. The lowest BCUT2D eigenvalue weighted by Crippen LogP contribution is -2.49. The summed E-state index contributed by atoms with van der Waals surface area (Å²) in [5.41, 5.74) is -1.71. The molecule has 0 aliphatic rings. The molecule has 1 N–H and O–H groups in total. The molecule has 0 heterocycles. The first kappa shape index (κ1) is 13.4.